The molecule has 0 fully saturated rings. The van der Waals surface area contributed by atoms with Crippen LogP contribution in [0.15, 0.2) is 24.3 Å². The maximum absolute atomic E-state index is 10.3. The van der Waals surface area contributed by atoms with Crippen LogP contribution in [0.4, 0.5) is 0 Å². The molecule has 0 N–H and O–H groups in total. The number of benzene rings is 1. The van der Waals surface area contributed by atoms with Gasteiger partial charge in [0.15, 0.2) is 0 Å². The molecule has 0 aromatic heterocycles. The molecule has 0 saturated heterocycles. The molecular weight excluding hydrogens is 308 g/mol. The minimum atomic E-state index is 0.741. The normalized spacial score (nSPS) is 9.18. The number of hydrogen-bond acceptors (Lipinski definition) is 1. The van der Waals surface area contributed by atoms with Crippen LogP contribution in [-0.2, 0) is 19.4 Å². The van der Waals surface area contributed by atoms with Gasteiger partial charge in [-0.3, -0.25) is 0 Å². The maximum atomic E-state index is 10.3. The van der Waals surface area contributed by atoms with Crippen molar-refractivity contribution < 1.29 is 24.1 Å². The van der Waals surface area contributed by atoms with Gasteiger partial charge in [0.2, 0.25) is 0 Å². The fourth-order valence-electron chi connectivity index (χ4n) is 0.796. The Morgan fingerprint density at radius 1 is 1.36 bits per heavy atom. The van der Waals surface area contributed by atoms with Gasteiger partial charge in [-0.05, 0) is 0 Å². The summed E-state index contributed by atoms with van der Waals surface area (Å²) < 4.78 is 1.35. The van der Waals surface area contributed by atoms with Gasteiger partial charge in [0.1, 0.15) is 0 Å². The topological polar surface area (TPSA) is 17.1 Å². The summed E-state index contributed by atoms with van der Waals surface area (Å²) in [4.78, 5) is 10.3. The van der Waals surface area contributed by atoms with Crippen LogP contribution in [-0.4, -0.2) is 10.2 Å². The first kappa shape index (κ1) is 8.54. The Bertz CT molecular complexity index is 274. The van der Waals surface area contributed by atoms with E-state index in [1.54, 1.807) is 0 Å². The Kier molecular flexibility index (Phi) is 2.90. The van der Waals surface area contributed by atoms with Gasteiger partial charge < -0.3 is 0 Å². The van der Waals surface area contributed by atoms with Gasteiger partial charge in [-0.1, -0.05) is 0 Å². The summed E-state index contributed by atoms with van der Waals surface area (Å²) in [5.74, 6) is 0. The van der Waals surface area contributed by atoms with Crippen molar-refractivity contribution in [3.05, 3.63) is 35.4 Å². The molecule has 0 bridgehead atoms. The second-order valence-corrected chi connectivity index (χ2v) is 4.50. The molecule has 1 aromatic rings. The van der Waals surface area contributed by atoms with Crippen LogP contribution in [0.1, 0.15) is 22.8 Å². The third-order valence-corrected chi connectivity index (χ3v) is 2.30. The first-order valence-electron chi connectivity index (χ1n) is 3.30. The number of carbonyl (C=O) groups excluding carboxylic acids is 1. The fourth-order valence-corrected chi connectivity index (χ4v) is 1.29. The van der Waals surface area contributed by atoms with Crippen molar-refractivity contribution in [2.75, 3.05) is 0 Å². The SMILES string of the molecule is C[C](=[W])c1ccc(C=O)cc1. The molecule has 0 saturated carbocycles. The van der Waals surface area contributed by atoms with E-state index in [1.807, 2.05) is 24.3 Å². The van der Waals surface area contributed by atoms with Crippen molar-refractivity contribution in [1.29, 1.82) is 0 Å². The standard InChI is InChI=1S/C9H8O.W/c1-2-8-3-5-9(7-10)6-4-8;/h3-7H,1H3;. The van der Waals surface area contributed by atoms with Crippen molar-refractivity contribution >= 4 is 10.2 Å². The molecule has 0 aliphatic heterocycles. The first-order valence-corrected chi connectivity index (χ1v) is 4.77. The second-order valence-electron chi connectivity index (χ2n) is 2.30. The van der Waals surface area contributed by atoms with E-state index in [9.17, 15) is 4.79 Å². The van der Waals surface area contributed by atoms with Crippen molar-refractivity contribution in [3.63, 3.8) is 0 Å². The van der Waals surface area contributed by atoms with E-state index in [0.717, 1.165) is 11.8 Å². The molecule has 0 atom stereocenters. The van der Waals surface area contributed by atoms with Gasteiger partial charge in [-0.2, -0.15) is 0 Å². The summed E-state index contributed by atoms with van der Waals surface area (Å²) in [5, 5.41) is 0. The van der Waals surface area contributed by atoms with E-state index in [2.05, 4.69) is 6.92 Å². The molecule has 56 valence electrons. The summed E-state index contributed by atoms with van der Waals surface area (Å²) in [7, 11) is 0. The summed E-state index contributed by atoms with van der Waals surface area (Å²) in [6.07, 6.45) is 0.863. The quantitative estimate of drug-likeness (QED) is 0.758. The molecule has 2 heteroatoms. The van der Waals surface area contributed by atoms with E-state index in [-0.39, 0.29) is 0 Å². The van der Waals surface area contributed by atoms with Crippen molar-refractivity contribution in [2.45, 2.75) is 6.92 Å². The number of hydrogen-bond donors (Lipinski definition) is 0. The van der Waals surface area contributed by atoms with Crippen LogP contribution in [0.25, 0.3) is 0 Å². The Morgan fingerprint density at radius 2 is 1.91 bits per heavy atom. The Balaban J connectivity index is 3.00. The van der Waals surface area contributed by atoms with E-state index < -0.39 is 0 Å². The van der Waals surface area contributed by atoms with Crippen LogP contribution >= 0.6 is 0 Å². The Morgan fingerprint density at radius 3 is 2.27 bits per heavy atom. The predicted molar refractivity (Wildman–Crippen MR) is 41.6 cm³/mol. The van der Waals surface area contributed by atoms with Crippen LogP contribution in [0.2, 0.25) is 0 Å². The van der Waals surface area contributed by atoms with Gasteiger partial charge in [0, 0.05) is 0 Å². The molecule has 0 spiro atoms. The zero-order valence-corrected chi connectivity index (χ0v) is 9.14. The van der Waals surface area contributed by atoms with Crippen LogP contribution in [0, 0.1) is 0 Å². The molecule has 1 rings (SSSR count). The van der Waals surface area contributed by atoms with Gasteiger partial charge in [0.25, 0.3) is 0 Å². The van der Waals surface area contributed by atoms with Crippen molar-refractivity contribution in [2.24, 2.45) is 0 Å². The summed E-state index contributed by atoms with van der Waals surface area (Å²) in [6, 6.07) is 7.64. The van der Waals surface area contributed by atoms with Gasteiger partial charge in [-0.15, -0.1) is 0 Å². The van der Waals surface area contributed by atoms with Crippen LogP contribution < -0.4 is 0 Å². The Hall–Kier alpha value is -0.552. The van der Waals surface area contributed by atoms with Gasteiger partial charge >= 0.3 is 76.6 Å². The minimum absolute atomic E-state index is 0.741. The van der Waals surface area contributed by atoms with Crippen molar-refractivity contribution in [3.8, 4) is 0 Å². The molecule has 1 aromatic carbocycles. The predicted octanol–water partition coefficient (Wildman–Crippen LogP) is 1.59. The summed E-state index contributed by atoms with van der Waals surface area (Å²) in [6.45, 7) is 2.09. The summed E-state index contributed by atoms with van der Waals surface area (Å²) in [5.41, 5.74) is 1.97. The molecule has 1 nitrogen and oxygen atoms in total. The fraction of sp³-hybridized carbons (Fsp3) is 0.111. The zero-order chi connectivity index (χ0) is 8.27. The molecule has 11 heavy (non-hydrogen) atoms. The Labute approximate surface area is 76.8 Å². The molecule has 0 amide bonds. The number of rotatable bonds is 2. The monoisotopic (exact) mass is 316 g/mol. The average Bonchev–Trinajstić information content (AvgIpc) is 2.05. The average molecular weight is 316 g/mol. The molecule has 0 unspecified atom stereocenters. The molecule has 0 aliphatic carbocycles. The third kappa shape index (κ3) is 2.20. The summed E-state index contributed by atoms with van der Waals surface area (Å²) >= 11 is 1.47. The zero-order valence-electron chi connectivity index (χ0n) is 6.20. The molecule has 0 radical (unpaired) electrons. The molecular formula is C9H8OW. The van der Waals surface area contributed by atoms with E-state index >= 15 is 0 Å². The number of carbonyl (C=O) groups is 1. The molecule has 0 heterocycles. The van der Waals surface area contributed by atoms with E-state index in [4.69, 9.17) is 0 Å². The van der Waals surface area contributed by atoms with E-state index in [1.165, 1.54) is 28.8 Å². The van der Waals surface area contributed by atoms with Gasteiger partial charge in [0.05, 0.1) is 0 Å². The third-order valence-electron chi connectivity index (χ3n) is 1.45. The van der Waals surface area contributed by atoms with Crippen LogP contribution in [0.5, 0.6) is 0 Å². The second kappa shape index (κ2) is 3.73. The molecule has 0 aliphatic rings. The van der Waals surface area contributed by atoms with Crippen LogP contribution in [0.3, 0.4) is 0 Å². The van der Waals surface area contributed by atoms with E-state index in [0.29, 0.717) is 0 Å². The number of aldehydes is 1. The van der Waals surface area contributed by atoms with Gasteiger partial charge in [-0.25, -0.2) is 0 Å². The van der Waals surface area contributed by atoms with Crippen molar-refractivity contribution in [1.82, 2.24) is 0 Å². The first-order chi connectivity index (χ1) is 5.24.